The van der Waals surface area contributed by atoms with Crippen molar-refractivity contribution in [3.63, 3.8) is 0 Å². The molecule has 0 bridgehead atoms. The molecular weight excluding hydrogens is 246 g/mol. The van der Waals surface area contributed by atoms with E-state index in [0.717, 1.165) is 0 Å². The van der Waals surface area contributed by atoms with Gasteiger partial charge in [-0.25, -0.2) is 0 Å². The van der Waals surface area contributed by atoms with E-state index in [0.29, 0.717) is 25.7 Å². The summed E-state index contributed by atoms with van der Waals surface area (Å²) in [6.45, 7) is 0. The fourth-order valence-electron chi connectivity index (χ4n) is 2.38. The van der Waals surface area contributed by atoms with Crippen LogP contribution in [0.4, 0.5) is 0 Å². The lowest BCUT2D eigenvalue weighted by atomic mass is 9.85. The average Bonchev–Trinajstić information content (AvgIpc) is 2.39. The third-order valence-electron chi connectivity index (χ3n) is 3.53. The van der Waals surface area contributed by atoms with Crippen molar-refractivity contribution in [2.24, 2.45) is 11.7 Å². The molecule has 1 aromatic heterocycles. The smallest absolute Gasteiger partial charge is 0.256 e. The summed E-state index contributed by atoms with van der Waals surface area (Å²) >= 11 is 0. The molecule has 6 heteroatoms. The van der Waals surface area contributed by atoms with Gasteiger partial charge in [-0.3, -0.25) is 14.4 Å². The van der Waals surface area contributed by atoms with E-state index in [9.17, 15) is 14.4 Å². The van der Waals surface area contributed by atoms with E-state index in [4.69, 9.17) is 5.73 Å². The van der Waals surface area contributed by atoms with Gasteiger partial charge in [0.05, 0.1) is 0 Å². The Labute approximate surface area is 110 Å². The highest BCUT2D eigenvalue weighted by Crippen LogP contribution is 2.23. The third-order valence-corrected chi connectivity index (χ3v) is 3.53. The molecule has 1 heterocycles. The number of hydrogen-bond donors (Lipinski definition) is 3. The molecule has 2 amide bonds. The summed E-state index contributed by atoms with van der Waals surface area (Å²) in [6.07, 6.45) is 5.68. The minimum absolute atomic E-state index is 0.00251. The van der Waals surface area contributed by atoms with Crippen LogP contribution in [0.5, 0.6) is 0 Å². The second-order valence-corrected chi connectivity index (χ2v) is 4.85. The predicted molar refractivity (Wildman–Crippen MR) is 69.5 cm³/mol. The van der Waals surface area contributed by atoms with Crippen molar-refractivity contribution in [2.45, 2.75) is 31.7 Å². The highest BCUT2D eigenvalue weighted by atomic mass is 16.2. The first-order chi connectivity index (χ1) is 9.08. The lowest BCUT2D eigenvalue weighted by Crippen LogP contribution is -2.41. The van der Waals surface area contributed by atoms with E-state index in [1.807, 2.05) is 0 Å². The predicted octanol–water partition coefficient (Wildman–Crippen LogP) is 0.149. The largest absolute Gasteiger partial charge is 0.369 e. The van der Waals surface area contributed by atoms with Gasteiger partial charge in [-0.05, 0) is 25.7 Å². The van der Waals surface area contributed by atoms with Gasteiger partial charge in [0.1, 0.15) is 5.56 Å². The Balaban J connectivity index is 1.93. The number of H-pyrrole nitrogens is 1. The maximum absolute atomic E-state index is 11.9. The number of amides is 2. The van der Waals surface area contributed by atoms with Gasteiger partial charge in [-0.2, -0.15) is 0 Å². The molecule has 0 aromatic carbocycles. The van der Waals surface area contributed by atoms with Gasteiger partial charge in [-0.1, -0.05) is 0 Å². The summed E-state index contributed by atoms with van der Waals surface area (Å²) in [5.74, 6) is -0.734. The standard InChI is InChI=1S/C13H17N3O3/c14-12(18)8-1-3-9(4-2-8)16-13(19)10-7-15-6-5-11(10)17/h5-9H,1-4H2,(H2,14,18)(H,15,17)(H,16,19). The zero-order chi connectivity index (χ0) is 13.8. The van der Waals surface area contributed by atoms with Crippen molar-refractivity contribution in [3.8, 4) is 0 Å². The van der Waals surface area contributed by atoms with Gasteiger partial charge in [0, 0.05) is 30.4 Å². The van der Waals surface area contributed by atoms with Gasteiger partial charge in [0.2, 0.25) is 5.91 Å². The van der Waals surface area contributed by atoms with Crippen molar-refractivity contribution in [1.82, 2.24) is 10.3 Å². The molecule has 0 aliphatic heterocycles. The van der Waals surface area contributed by atoms with E-state index >= 15 is 0 Å². The number of pyridine rings is 1. The van der Waals surface area contributed by atoms with Crippen LogP contribution in [-0.2, 0) is 4.79 Å². The molecular formula is C13H17N3O3. The highest BCUT2D eigenvalue weighted by molar-refractivity contribution is 5.93. The molecule has 0 spiro atoms. The third kappa shape index (κ3) is 3.21. The molecule has 2 rings (SSSR count). The number of aromatic nitrogens is 1. The van der Waals surface area contributed by atoms with Crippen LogP contribution in [0.1, 0.15) is 36.0 Å². The highest BCUT2D eigenvalue weighted by Gasteiger charge is 2.26. The lowest BCUT2D eigenvalue weighted by Gasteiger charge is -2.27. The zero-order valence-electron chi connectivity index (χ0n) is 10.5. The SMILES string of the molecule is NC(=O)C1CCC(NC(=O)c2c[nH]ccc2=O)CC1. The van der Waals surface area contributed by atoms with E-state index in [1.165, 1.54) is 18.5 Å². The van der Waals surface area contributed by atoms with Gasteiger partial charge in [0.15, 0.2) is 5.43 Å². The van der Waals surface area contributed by atoms with Crippen molar-refractivity contribution in [2.75, 3.05) is 0 Å². The minimum Gasteiger partial charge on any atom is -0.369 e. The van der Waals surface area contributed by atoms with Gasteiger partial charge in [-0.15, -0.1) is 0 Å². The number of hydrogen-bond acceptors (Lipinski definition) is 3. The summed E-state index contributed by atoms with van der Waals surface area (Å²) in [4.78, 5) is 37.2. The Hall–Kier alpha value is -2.11. The van der Waals surface area contributed by atoms with Gasteiger partial charge < -0.3 is 16.0 Å². The number of nitrogens with one attached hydrogen (secondary N) is 2. The van der Waals surface area contributed by atoms with E-state index in [-0.39, 0.29) is 34.8 Å². The summed E-state index contributed by atoms with van der Waals surface area (Å²) < 4.78 is 0. The number of nitrogens with two attached hydrogens (primary N) is 1. The molecule has 0 unspecified atom stereocenters. The molecule has 1 aromatic rings. The lowest BCUT2D eigenvalue weighted by molar-refractivity contribution is -0.122. The quantitative estimate of drug-likeness (QED) is 0.722. The molecule has 0 radical (unpaired) electrons. The first-order valence-electron chi connectivity index (χ1n) is 6.35. The molecule has 4 N–H and O–H groups in total. The van der Waals surface area contributed by atoms with E-state index in [2.05, 4.69) is 10.3 Å². The maximum Gasteiger partial charge on any atom is 0.256 e. The normalized spacial score (nSPS) is 22.7. The Kier molecular flexibility index (Phi) is 3.99. The minimum atomic E-state index is -0.371. The van der Waals surface area contributed by atoms with Crippen LogP contribution in [0.2, 0.25) is 0 Å². The Bertz CT molecular complexity index is 530. The number of carbonyl (C=O) groups is 2. The molecule has 1 aliphatic rings. The molecule has 19 heavy (non-hydrogen) atoms. The molecule has 6 nitrogen and oxygen atoms in total. The fraction of sp³-hybridized carbons (Fsp3) is 0.462. The number of rotatable bonds is 3. The van der Waals surface area contributed by atoms with E-state index in [1.54, 1.807) is 0 Å². The number of aromatic amines is 1. The average molecular weight is 263 g/mol. The zero-order valence-corrected chi connectivity index (χ0v) is 10.5. The molecule has 0 atom stereocenters. The molecule has 1 fully saturated rings. The molecule has 1 aliphatic carbocycles. The summed E-state index contributed by atoms with van der Waals surface area (Å²) in [5.41, 5.74) is 5.06. The second kappa shape index (κ2) is 5.69. The molecule has 1 saturated carbocycles. The monoisotopic (exact) mass is 263 g/mol. The molecule has 0 saturated heterocycles. The Morgan fingerprint density at radius 2 is 1.95 bits per heavy atom. The van der Waals surface area contributed by atoms with Gasteiger partial charge in [0.25, 0.3) is 5.91 Å². The second-order valence-electron chi connectivity index (χ2n) is 4.85. The van der Waals surface area contributed by atoms with Crippen molar-refractivity contribution < 1.29 is 9.59 Å². The first-order valence-corrected chi connectivity index (χ1v) is 6.35. The number of carbonyl (C=O) groups excluding carboxylic acids is 2. The van der Waals surface area contributed by atoms with Crippen molar-refractivity contribution >= 4 is 11.8 Å². The van der Waals surface area contributed by atoms with Crippen LogP contribution in [0.15, 0.2) is 23.3 Å². The van der Waals surface area contributed by atoms with Crippen molar-refractivity contribution in [3.05, 3.63) is 34.2 Å². The van der Waals surface area contributed by atoms with Crippen molar-refractivity contribution in [1.29, 1.82) is 0 Å². The Morgan fingerprint density at radius 3 is 2.53 bits per heavy atom. The van der Waals surface area contributed by atoms with E-state index < -0.39 is 0 Å². The van der Waals surface area contributed by atoms with Crippen LogP contribution in [0.3, 0.4) is 0 Å². The summed E-state index contributed by atoms with van der Waals surface area (Å²) in [7, 11) is 0. The van der Waals surface area contributed by atoms with Crippen LogP contribution in [0.25, 0.3) is 0 Å². The first kappa shape index (κ1) is 13.3. The van der Waals surface area contributed by atoms with Crippen LogP contribution >= 0.6 is 0 Å². The molecule has 102 valence electrons. The van der Waals surface area contributed by atoms with Crippen LogP contribution < -0.4 is 16.5 Å². The fourth-order valence-corrected chi connectivity index (χ4v) is 2.38. The topological polar surface area (TPSA) is 105 Å². The maximum atomic E-state index is 11.9. The summed E-state index contributed by atoms with van der Waals surface area (Å²) in [6, 6.07) is 1.32. The Morgan fingerprint density at radius 1 is 1.26 bits per heavy atom. The number of primary amides is 1. The summed E-state index contributed by atoms with van der Waals surface area (Å²) in [5, 5.41) is 2.82. The van der Waals surface area contributed by atoms with Crippen LogP contribution in [-0.4, -0.2) is 22.8 Å². The van der Waals surface area contributed by atoms with Gasteiger partial charge >= 0.3 is 0 Å². The van der Waals surface area contributed by atoms with Crippen LogP contribution in [0, 0.1) is 5.92 Å².